The third-order valence-corrected chi connectivity index (χ3v) is 6.00. The van der Waals surface area contributed by atoms with Gasteiger partial charge in [-0.1, -0.05) is 19.3 Å². The zero-order chi connectivity index (χ0) is 16.2. The van der Waals surface area contributed by atoms with E-state index in [1.165, 1.54) is 0 Å². The van der Waals surface area contributed by atoms with Crippen molar-refractivity contribution in [1.82, 2.24) is 0 Å². The molecule has 0 amide bonds. The zero-order valence-electron chi connectivity index (χ0n) is 13.6. The van der Waals surface area contributed by atoms with Gasteiger partial charge < -0.3 is 0 Å². The van der Waals surface area contributed by atoms with Crippen molar-refractivity contribution in [1.29, 1.82) is 0 Å². The third kappa shape index (κ3) is 4.47. The van der Waals surface area contributed by atoms with Crippen LogP contribution in [-0.2, 0) is 10.0 Å². The van der Waals surface area contributed by atoms with Gasteiger partial charge in [0.1, 0.15) is 5.69 Å². The van der Waals surface area contributed by atoms with Crippen LogP contribution >= 0.6 is 0 Å². The van der Waals surface area contributed by atoms with Crippen LogP contribution in [0.15, 0.2) is 24.3 Å². The summed E-state index contributed by atoms with van der Waals surface area (Å²) >= 11 is 0. The Labute approximate surface area is 133 Å². The van der Waals surface area contributed by atoms with E-state index in [2.05, 4.69) is 10.0 Å². The monoisotopic (exact) mass is 324 g/mol. The summed E-state index contributed by atoms with van der Waals surface area (Å²) < 4.78 is 29.4. The Balaban J connectivity index is 2.03. The molecule has 6 heteroatoms. The minimum absolute atomic E-state index is 0.247. The van der Waals surface area contributed by atoms with Gasteiger partial charge in [0, 0.05) is 12.6 Å². The number of hydrogen-bond acceptors (Lipinski definition) is 2. The van der Waals surface area contributed by atoms with Crippen molar-refractivity contribution in [3.63, 3.8) is 0 Å². The van der Waals surface area contributed by atoms with Gasteiger partial charge in [0.05, 0.1) is 19.3 Å². The molecule has 5 nitrogen and oxygen atoms in total. The van der Waals surface area contributed by atoms with Crippen LogP contribution in [0.4, 0.5) is 11.4 Å². The Bertz CT molecular complexity index is 626. The van der Waals surface area contributed by atoms with E-state index in [1.807, 2.05) is 37.7 Å². The summed E-state index contributed by atoms with van der Waals surface area (Å²) in [7, 11) is 0.665. The minimum Gasteiger partial charge on any atom is -0.283 e. The second-order valence-corrected chi connectivity index (χ2v) is 8.05. The summed E-state index contributed by atoms with van der Waals surface area (Å²) in [5.74, 6) is 1.02. The van der Waals surface area contributed by atoms with Gasteiger partial charge in [0.25, 0.3) is 0 Å². The highest BCUT2D eigenvalue weighted by Crippen LogP contribution is 2.25. The first-order chi connectivity index (χ1) is 10.4. The molecule has 1 aliphatic rings. The molecule has 122 valence electrons. The summed E-state index contributed by atoms with van der Waals surface area (Å²) in [6.45, 7) is 1.99. The molecule has 0 aliphatic heterocycles. The first kappa shape index (κ1) is 16.8. The molecule has 0 unspecified atom stereocenters. The van der Waals surface area contributed by atoms with Gasteiger partial charge in [-0.05, 0) is 37.1 Å². The largest absolute Gasteiger partial charge is 0.283 e. The topological polar surface area (TPSA) is 61.2 Å². The van der Waals surface area contributed by atoms with E-state index >= 15 is 0 Å². The van der Waals surface area contributed by atoms with Crippen molar-refractivity contribution in [2.24, 2.45) is 0 Å². The second kappa shape index (κ2) is 7.13. The fourth-order valence-corrected chi connectivity index (χ4v) is 4.15. The molecule has 0 saturated heterocycles. The van der Waals surface area contributed by atoms with Gasteiger partial charge in [-0.25, -0.2) is 13.7 Å². The molecule has 0 aromatic heterocycles. The summed E-state index contributed by atoms with van der Waals surface area (Å²) in [6, 6.07) is 7.36. The highest BCUT2D eigenvalue weighted by Gasteiger charge is 2.27. The average molecular weight is 324 g/mol. The number of rotatable bonds is 4. The van der Waals surface area contributed by atoms with E-state index in [-0.39, 0.29) is 5.25 Å². The van der Waals surface area contributed by atoms with Crippen LogP contribution in [0.5, 0.6) is 0 Å². The first-order valence-corrected chi connectivity index (χ1v) is 9.33. The number of benzene rings is 1. The standard InChI is InChI=1S/C16H25N3O2S/c1-13(19(2)3)17-14-9-11-15(12-10-14)18-22(20,21)16-7-5-4-6-8-16/h9-12,16,18H,4-8H2,1-3H3/p+1. The average Bonchev–Trinajstić information content (AvgIpc) is 2.50. The number of anilines is 2. The highest BCUT2D eigenvalue weighted by atomic mass is 32.2. The van der Waals surface area contributed by atoms with E-state index in [1.54, 1.807) is 12.1 Å². The van der Waals surface area contributed by atoms with Crippen molar-refractivity contribution in [3.05, 3.63) is 24.3 Å². The SMILES string of the molecule is CC(Nc1ccc(NS(=O)(=O)C2CCCCC2)cc1)=[N+](C)C. The number of amidine groups is 1. The maximum atomic E-state index is 12.4. The van der Waals surface area contributed by atoms with Crippen molar-refractivity contribution in [2.75, 3.05) is 24.1 Å². The van der Waals surface area contributed by atoms with Crippen LogP contribution in [0.25, 0.3) is 0 Å². The first-order valence-electron chi connectivity index (χ1n) is 7.78. The Kier molecular flexibility index (Phi) is 5.45. The van der Waals surface area contributed by atoms with Gasteiger partial charge in [0.2, 0.25) is 15.9 Å². The maximum Gasteiger partial charge on any atom is 0.246 e. The predicted molar refractivity (Wildman–Crippen MR) is 92.3 cm³/mol. The summed E-state index contributed by atoms with van der Waals surface area (Å²) in [5, 5.41) is 3.01. The molecule has 0 heterocycles. The maximum absolute atomic E-state index is 12.4. The van der Waals surface area contributed by atoms with Crippen LogP contribution in [0.2, 0.25) is 0 Å². The van der Waals surface area contributed by atoms with E-state index in [0.717, 1.165) is 43.6 Å². The van der Waals surface area contributed by atoms with Crippen LogP contribution in [-0.4, -0.2) is 38.2 Å². The normalized spacial score (nSPS) is 16.1. The number of nitrogens with one attached hydrogen (secondary N) is 2. The van der Waals surface area contributed by atoms with Gasteiger partial charge in [-0.3, -0.25) is 9.30 Å². The lowest BCUT2D eigenvalue weighted by molar-refractivity contribution is -0.464. The van der Waals surface area contributed by atoms with Gasteiger partial charge >= 0.3 is 0 Å². The van der Waals surface area contributed by atoms with Gasteiger partial charge in [-0.15, -0.1) is 0 Å². The highest BCUT2D eigenvalue weighted by molar-refractivity contribution is 7.93. The molecule has 0 atom stereocenters. The van der Waals surface area contributed by atoms with E-state index in [4.69, 9.17) is 0 Å². The van der Waals surface area contributed by atoms with Crippen molar-refractivity contribution >= 4 is 27.2 Å². The van der Waals surface area contributed by atoms with E-state index in [0.29, 0.717) is 5.69 Å². The number of nitrogens with zero attached hydrogens (tertiary/aromatic N) is 1. The molecule has 1 aromatic carbocycles. The van der Waals surface area contributed by atoms with Crippen molar-refractivity contribution < 1.29 is 13.0 Å². The van der Waals surface area contributed by atoms with E-state index < -0.39 is 10.0 Å². The Morgan fingerprint density at radius 2 is 1.59 bits per heavy atom. The van der Waals surface area contributed by atoms with Crippen LogP contribution < -0.4 is 10.0 Å². The quantitative estimate of drug-likeness (QED) is 0.508. The zero-order valence-corrected chi connectivity index (χ0v) is 14.4. The number of hydrogen-bond donors (Lipinski definition) is 2. The summed E-state index contributed by atoms with van der Waals surface area (Å²) in [6.07, 6.45) is 4.70. The molecule has 0 bridgehead atoms. The van der Waals surface area contributed by atoms with Crippen molar-refractivity contribution in [3.8, 4) is 0 Å². The molecule has 22 heavy (non-hydrogen) atoms. The lowest BCUT2D eigenvalue weighted by Gasteiger charge is -2.22. The molecule has 0 spiro atoms. The van der Waals surface area contributed by atoms with Gasteiger partial charge in [-0.2, -0.15) is 0 Å². The lowest BCUT2D eigenvalue weighted by Crippen LogP contribution is -2.29. The molecule has 1 aliphatic carbocycles. The fourth-order valence-electron chi connectivity index (χ4n) is 2.57. The van der Waals surface area contributed by atoms with Gasteiger partial charge in [0.15, 0.2) is 0 Å². The molecule has 1 aromatic rings. The molecular formula is C16H26N3O2S+. The molecule has 1 fully saturated rings. The Hall–Kier alpha value is -1.56. The summed E-state index contributed by atoms with van der Waals surface area (Å²) in [4.78, 5) is 0. The molecular weight excluding hydrogens is 298 g/mol. The van der Waals surface area contributed by atoms with E-state index in [9.17, 15) is 8.42 Å². The predicted octanol–water partition coefficient (Wildman–Crippen LogP) is 2.86. The molecule has 0 radical (unpaired) electrons. The second-order valence-electron chi connectivity index (χ2n) is 6.09. The Morgan fingerprint density at radius 3 is 2.14 bits per heavy atom. The molecule has 2 N–H and O–H groups in total. The van der Waals surface area contributed by atoms with Crippen LogP contribution in [0.1, 0.15) is 39.0 Å². The minimum atomic E-state index is -3.27. The fraction of sp³-hybridized carbons (Fsp3) is 0.562. The van der Waals surface area contributed by atoms with Crippen LogP contribution in [0, 0.1) is 0 Å². The van der Waals surface area contributed by atoms with Crippen molar-refractivity contribution in [2.45, 2.75) is 44.3 Å². The summed E-state index contributed by atoms with van der Waals surface area (Å²) in [5.41, 5.74) is 1.56. The molecule has 2 rings (SSSR count). The lowest BCUT2D eigenvalue weighted by atomic mass is 10.0. The van der Waals surface area contributed by atoms with Crippen LogP contribution in [0.3, 0.4) is 0 Å². The smallest absolute Gasteiger partial charge is 0.246 e. The molecule has 1 saturated carbocycles. The number of sulfonamides is 1. The Morgan fingerprint density at radius 1 is 1.05 bits per heavy atom. The third-order valence-electron chi connectivity index (χ3n) is 4.13.